The van der Waals surface area contributed by atoms with Crippen LogP contribution in [0, 0.1) is 11.8 Å². The van der Waals surface area contributed by atoms with Gasteiger partial charge in [0.25, 0.3) is 0 Å². The van der Waals surface area contributed by atoms with Crippen molar-refractivity contribution in [2.75, 3.05) is 6.61 Å². The molecule has 124 valence electrons. The Hall–Kier alpha value is -1.10. The van der Waals surface area contributed by atoms with Crippen molar-refractivity contribution in [1.29, 1.82) is 0 Å². The highest BCUT2D eigenvalue weighted by molar-refractivity contribution is 5.79. The van der Waals surface area contributed by atoms with Crippen molar-refractivity contribution in [2.45, 2.75) is 75.9 Å². The summed E-state index contributed by atoms with van der Waals surface area (Å²) in [6.07, 6.45) is 9.25. The number of carboxylic acids is 1. The summed E-state index contributed by atoms with van der Waals surface area (Å²) < 4.78 is 6.01. The van der Waals surface area contributed by atoms with Crippen molar-refractivity contribution in [1.82, 2.24) is 5.32 Å². The molecule has 0 aromatic heterocycles. The fourth-order valence-electron chi connectivity index (χ4n) is 4.44. The van der Waals surface area contributed by atoms with Crippen LogP contribution in [0.25, 0.3) is 0 Å². The van der Waals surface area contributed by atoms with Gasteiger partial charge in [-0.2, -0.15) is 0 Å². The highest BCUT2D eigenvalue weighted by atomic mass is 16.5. The maximum atomic E-state index is 12.4. The molecular formula is C17H27NO4. The molecule has 1 aliphatic heterocycles. The van der Waals surface area contributed by atoms with Crippen molar-refractivity contribution in [2.24, 2.45) is 11.8 Å². The molecule has 3 rings (SSSR count). The lowest BCUT2D eigenvalue weighted by atomic mass is 9.81. The van der Waals surface area contributed by atoms with E-state index in [-0.39, 0.29) is 29.4 Å². The molecule has 1 saturated heterocycles. The summed E-state index contributed by atoms with van der Waals surface area (Å²) in [5.41, 5.74) is 0.0250. The molecule has 5 heteroatoms. The molecule has 0 bridgehead atoms. The summed E-state index contributed by atoms with van der Waals surface area (Å²) >= 11 is 0. The fraction of sp³-hybridized carbons (Fsp3) is 0.882. The van der Waals surface area contributed by atoms with Gasteiger partial charge >= 0.3 is 5.97 Å². The standard InChI is InChI=1S/C17H27NO4/c19-15(12-3-5-13(6-4-12)16(20)21)18-14-7-10-22-17(11-14)8-1-2-9-17/h12-14H,1-11H2,(H,18,19)(H,20,21). The van der Waals surface area contributed by atoms with Crippen molar-refractivity contribution in [3.05, 3.63) is 0 Å². The van der Waals surface area contributed by atoms with E-state index in [1.807, 2.05) is 0 Å². The Morgan fingerprint density at radius 2 is 1.64 bits per heavy atom. The van der Waals surface area contributed by atoms with Crippen molar-refractivity contribution in [3.8, 4) is 0 Å². The van der Waals surface area contributed by atoms with Gasteiger partial charge in [0, 0.05) is 18.6 Å². The summed E-state index contributed by atoms with van der Waals surface area (Å²) in [5.74, 6) is -0.845. The molecule has 1 spiro atoms. The summed E-state index contributed by atoms with van der Waals surface area (Å²) in [6.45, 7) is 0.747. The Morgan fingerprint density at radius 3 is 2.27 bits per heavy atom. The van der Waals surface area contributed by atoms with E-state index < -0.39 is 5.97 Å². The van der Waals surface area contributed by atoms with Crippen LogP contribution >= 0.6 is 0 Å². The first-order valence-electron chi connectivity index (χ1n) is 8.75. The number of carbonyl (C=O) groups excluding carboxylic acids is 1. The molecule has 2 aliphatic carbocycles. The Kier molecular flexibility index (Phi) is 4.71. The minimum Gasteiger partial charge on any atom is -0.481 e. The maximum absolute atomic E-state index is 12.4. The summed E-state index contributed by atoms with van der Waals surface area (Å²) in [6, 6.07) is 0.233. The highest BCUT2D eigenvalue weighted by Gasteiger charge is 2.41. The Balaban J connectivity index is 1.48. The van der Waals surface area contributed by atoms with Crippen LogP contribution in [0.5, 0.6) is 0 Å². The predicted molar refractivity (Wildman–Crippen MR) is 81.4 cm³/mol. The molecule has 3 fully saturated rings. The number of rotatable bonds is 3. The second kappa shape index (κ2) is 6.57. The number of hydrogen-bond acceptors (Lipinski definition) is 3. The van der Waals surface area contributed by atoms with Crippen molar-refractivity contribution >= 4 is 11.9 Å². The molecule has 5 nitrogen and oxygen atoms in total. The van der Waals surface area contributed by atoms with E-state index in [9.17, 15) is 9.59 Å². The Labute approximate surface area is 131 Å². The van der Waals surface area contributed by atoms with Gasteiger partial charge in [-0.25, -0.2) is 0 Å². The summed E-state index contributed by atoms with van der Waals surface area (Å²) in [7, 11) is 0. The second-order valence-corrected chi connectivity index (χ2v) is 7.32. The summed E-state index contributed by atoms with van der Waals surface area (Å²) in [5, 5.41) is 12.2. The number of carbonyl (C=O) groups is 2. The van der Waals surface area contributed by atoms with Gasteiger partial charge in [-0.15, -0.1) is 0 Å². The topological polar surface area (TPSA) is 75.6 Å². The molecule has 22 heavy (non-hydrogen) atoms. The number of carboxylic acid groups (broad SMARTS) is 1. The van der Waals surface area contributed by atoms with Gasteiger partial charge in [-0.3, -0.25) is 9.59 Å². The summed E-state index contributed by atoms with van der Waals surface area (Å²) in [4.78, 5) is 23.4. The molecule has 3 aliphatic rings. The zero-order valence-electron chi connectivity index (χ0n) is 13.2. The highest BCUT2D eigenvalue weighted by Crippen LogP contribution is 2.40. The quantitative estimate of drug-likeness (QED) is 0.840. The number of nitrogens with one attached hydrogen (secondary N) is 1. The first kappa shape index (κ1) is 15.8. The van der Waals surface area contributed by atoms with Gasteiger partial charge in [-0.1, -0.05) is 12.8 Å². The van der Waals surface area contributed by atoms with E-state index >= 15 is 0 Å². The molecule has 0 aromatic carbocycles. The van der Waals surface area contributed by atoms with Gasteiger partial charge in [0.15, 0.2) is 0 Å². The average Bonchev–Trinajstić information content (AvgIpc) is 2.95. The first-order valence-corrected chi connectivity index (χ1v) is 8.75. The molecule has 2 saturated carbocycles. The number of hydrogen-bond donors (Lipinski definition) is 2. The van der Waals surface area contributed by atoms with Crippen molar-refractivity contribution in [3.63, 3.8) is 0 Å². The minimum atomic E-state index is -0.716. The zero-order chi connectivity index (χ0) is 15.6. The van der Waals surface area contributed by atoms with Gasteiger partial charge in [0.05, 0.1) is 11.5 Å². The number of ether oxygens (including phenoxy) is 1. The molecule has 2 N–H and O–H groups in total. The average molecular weight is 309 g/mol. The van der Waals surface area contributed by atoms with Gasteiger partial charge < -0.3 is 15.2 Å². The van der Waals surface area contributed by atoms with Crippen LogP contribution in [0.4, 0.5) is 0 Å². The molecule has 1 atom stereocenters. The normalized spacial score (nSPS) is 34.5. The monoisotopic (exact) mass is 309 g/mol. The molecule has 1 unspecified atom stereocenters. The van der Waals surface area contributed by atoms with E-state index in [4.69, 9.17) is 9.84 Å². The third-order valence-electron chi connectivity index (χ3n) is 5.80. The third kappa shape index (κ3) is 3.45. The van der Waals surface area contributed by atoms with Crippen LogP contribution < -0.4 is 5.32 Å². The van der Waals surface area contributed by atoms with Crippen LogP contribution in [0.15, 0.2) is 0 Å². The Bertz CT molecular complexity index is 422. The molecule has 1 heterocycles. The van der Waals surface area contributed by atoms with E-state index in [0.29, 0.717) is 25.7 Å². The van der Waals surface area contributed by atoms with Crippen LogP contribution in [0.2, 0.25) is 0 Å². The molecule has 1 amide bonds. The first-order chi connectivity index (χ1) is 10.6. The van der Waals surface area contributed by atoms with E-state index in [1.54, 1.807) is 0 Å². The zero-order valence-corrected chi connectivity index (χ0v) is 13.2. The SMILES string of the molecule is O=C(O)C1CCC(C(=O)NC2CCOC3(CCCC3)C2)CC1. The lowest BCUT2D eigenvalue weighted by Gasteiger charge is -2.39. The van der Waals surface area contributed by atoms with Gasteiger partial charge in [-0.05, 0) is 51.4 Å². The molecule has 0 aromatic rings. The van der Waals surface area contributed by atoms with Gasteiger partial charge in [0.2, 0.25) is 5.91 Å². The van der Waals surface area contributed by atoms with Gasteiger partial charge in [0.1, 0.15) is 0 Å². The minimum absolute atomic E-state index is 0.00188. The Morgan fingerprint density at radius 1 is 1.00 bits per heavy atom. The van der Waals surface area contributed by atoms with Crippen LogP contribution in [-0.4, -0.2) is 35.2 Å². The lowest BCUT2D eigenvalue weighted by molar-refractivity contribution is -0.144. The largest absolute Gasteiger partial charge is 0.481 e. The maximum Gasteiger partial charge on any atom is 0.306 e. The fourth-order valence-corrected chi connectivity index (χ4v) is 4.44. The molecular weight excluding hydrogens is 282 g/mol. The lowest BCUT2D eigenvalue weighted by Crippen LogP contribution is -2.49. The van der Waals surface area contributed by atoms with E-state index in [1.165, 1.54) is 12.8 Å². The van der Waals surface area contributed by atoms with E-state index in [0.717, 1.165) is 32.3 Å². The van der Waals surface area contributed by atoms with Crippen molar-refractivity contribution < 1.29 is 19.4 Å². The number of aliphatic carboxylic acids is 1. The third-order valence-corrected chi connectivity index (χ3v) is 5.80. The molecule has 0 radical (unpaired) electrons. The van der Waals surface area contributed by atoms with Crippen LogP contribution in [0.1, 0.15) is 64.2 Å². The van der Waals surface area contributed by atoms with Crippen LogP contribution in [0.3, 0.4) is 0 Å². The van der Waals surface area contributed by atoms with E-state index in [2.05, 4.69) is 5.32 Å². The smallest absolute Gasteiger partial charge is 0.306 e. The van der Waals surface area contributed by atoms with Crippen LogP contribution in [-0.2, 0) is 14.3 Å². The second-order valence-electron chi connectivity index (χ2n) is 7.32. The predicted octanol–water partition coefficient (Wildman–Crippen LogP) is 2.49. The number of amides is 1.